The first-order valence-electron chi connectivity index (χ1n) is 10.3. The van der Waals surface area contributed by atoms with Gasteiger partial charge in [-0.2, -0.15) is 0 Å². The van der Waals surface area contributed by atoms with Crippen LogP contribution < -0.4 is 10.6 Å². The maximum absolute atomic E-state index is 12.5. The summed E-state index contributed by atoms with van der Waals surface area (Å²) in [7, 11) is 0. The van der Waals surface area contributed by atoms with Crippen LogP contribution in [-0.4, -0.2) is 36.2 Å². The molecule has 1 aliphatic rings. The first-order valence-corrected chi connectivity index (χ1v) is 10.7. The number of benzene rings is 3. The van der Waals surface area contributed by atoms with Gasteiger partial charge >= 0.3 is 12.1 Å². The summed E-state index contributed by atoms with van der Waals surface area (Å²) in [6.45, 7) is 0.138. The van der Waals surface area contributed by atoms with Gasteiger partial charge in [-0.15, -0.1) is 0 Å². The van der Waals surface area contributed by atoms with Crippen molar-refractivity contribution in [2.24, 2.45) is 0 Å². The second-order valence-corrected chi connectivity index (χ2v) is 8.02. The molecule has 3 aromatic rings. The normalized spacial score (nSPS) is 11.9. The zero-order valence-electron chi connectivity index (χ0n) is 17.5. The summed E-state index contributed by atoms with van der Waals surface area (Å²) < 4.78 is 5.52. The van der Waals surface area contributed by atoms with Crippen molar-refractivity contribution in [3.63, 3.8) is 0 Å². The maximum Gasteiger partial charge on any atom is 0.411 e. The molecule has 0 saturated heterocycles. The van der Waals surface area contributed by atoms with E-state index in [1.807, 2.05) is 36.4 Å². The number of halogens is 1. The van der Waals surface area contributed by atoms with E-state index in [0.717, 1.165) is 22.3 Å². The van der Waals surface area contributed by atoms with Crippen molar-refractivity contribution in [3.8, 4) is 11.1 Å². The molecule has 168 valence electrons. The van der Waals surface area contributed by atoms with Gasteiger partial charge in [0.2, 0.25) is 0 Å². The summed E-state index contributed by atoms with van der Waals surface area (Å²) in [5, 5.41) is 14.0. The Morgan fingerprint density at radius 2 is 1.58 bits per heavy atom. The number of rotatable bonds is 7. The highest BCUT2D eigenvalue weighted by Gasteiger charge is 2.29. The first kappa shape index (κ1) is 22.4. The fourth-order valence-electron chi connectivity index (χ4n) is 3.93. The van der Waals surface area contributed by atoms with Gasteiger partial charge in [0.15, 0.2) is 0 Å². The van der Waals surface area contributed by atoms with E-state index in [1.54, 1.807) is 0 Å². The Morgan fingerprint density at radius 1 is 0.939 bits per heavy atom. The number of carbonyl (C=O) groups excluding carboxylic acids is 2. The average Bonchev–Trinajstić information content (AvgIpc) is 3.11. The molecular weight excluding hydrogens is 444 g/mol. The Labute approximate surface area is 195 Å². The van der Waals surface area contributed by atoms with E-state index >= 15 is 0 Å². The lowest BCUT2D eigenvalue weighted by Crippen LogP contribution is -2.26. The summed E-state index contributed by atoms with van der Waals surface area (Å²) >= 11 is 6.09. The maximum atomic E-state index is 12.5. The number of carboxylic acid groups (broad SMARTS) is 1. The first-order chi connectivity index (χ1) is 15.9. The molecule has 2 amide bonds. The van der Waals surface area contributed by atoms with Crippen molar-refractivity contribution in [2.45, 2.75) is 12.3 Å². The molecule has 1 aliphatic carbocycles. The number of ether oxygens (including phenoxy) is 1. The molecular formula is C25H21ClN2O5. The van der Waals surface area contributed by atoms with Gasteiger partial charge in [-0.3, -0.25) is 14.9 Å². The molecule has 0 fully saturated rings. The molecule has 8 heteroatoms. The van der Waals surface area contributed by atoms with Crippen LogP contribution in [0.2, 0.25) is 5.02 Å². The lowest BCUT2D eigenvalue weighted by Gasteiger charge is -2.15. The molecule has 3 N–H and O–H groups in total. The van der Waals surface area contributed by atoms with E-state index in [-0.39, 0.29) is 36.1 Å². The monoisotopic (exact) mass is 464 g/mol. The van der Waals surface area contributed by atoms with Crippen LogP contribution in [0, 0.1) is 0 Å². The number of anilines is 1. The summed E-state index contributed by atoms with van der Waals surface area (Å²) in [5.74, 6) is -1.58. The van der Waals surface area contributed by atoms with Crippen LogP contribution in [-0.2, 0) is 9.53 Å². The molecule has 0 atom stereocenters. The van der Waals surface area contributed by atoms with E-state index < -0.39 is 18.0 Å². The number of aliphatic carboxylic acids is 1. The number of nitrogens with one attached hydrogen (secondary N) is 2. The summed E-state index contributed by atoms with van der Waals surface area (Å²) in [4.78, 5) is 35.3. The van der Waals surface area contributed by atoms with Gasteiger partial charge in [-0.05, 0) is 40.5 Å². The SMILES string of the molecule is O=C(O)CCNC(=O)c1cc(Cl)cc(NC(=O)OCC2c3ccccc3-c3ccccc32)c1. The van der Waals surface area contributed by atoms with Crippen molar-refractivity contribution >= 4 is 35.3 Å². The van der Waals surface area contributed by atoms with Crippen LogP contribution in [0.4, 0.5) is 10.5 Å². The minimum atomic E-state index is -1.01. The van der Waals surface area contributed by atoms with Gasteiger partial charge < -0.3 is 15.2 Å². The molecule has 0 radical (unpaired) electrons. The molecule has 0 bridgehead atoms. The molecule has 0 unspecified atom stereocenters. The number of amides is 2. The van der Waals surface area contributed by atoms with Gasteiger partial charge in [0.05, 0.1) is 6.42 Å². The molecule has 0 spiro atoms. The molecule has 3 aromatic carbocycles. The van der Waals surface area contributed by atoms with Crippen LogP contribution >= 0.6 is 11.6 Å². The third-order valence-corrected chi connectivity index (χ3v) is 5.59. The average molecular weight is 465 g/mol. The van der Waals surface area contributed by atoms with Crippen molar-refractivity contribution in [3.05, 3.63) is 88.4 Å². The smallest absolute Gasteiger partial charge is 0.411 e. The van der Waals surface area contributed by atoms with E-state index in [0.29, 0.717) is 5.69 Å². The van der Waals surface area contributed by atoms with Crippen LogP contribution in [0.25, 0.3) is 11.1 Å². The molecule has 0 heterocycles. The predicted octanol–water partition coefficient (Wildman–Crippen LogP) is 4.91. The summed E-state index contributed by atoms with van der Waals surface area (Å²) in [5.41, 5.74) is 4.97. The Bertz CT molecular complexity index is 1180. The number of hydrogen-bond acceptors (Lipinski definition) is 4. The minimum Gasteiger partial charge on any atom is -0.481 e. The predicted molar refractivity (Wildman–Crippen MR) is 125 cm³/mol. The Balaban J connectivity index is 1.41. The second-order valence-electron chi connectivity index (χ2n) is 7.58. The zero-order valence-corrected chi connectivity index (χ0v) is 18.3. The van der Waals surface area contributed by atoms with E-state index in [9.17, 15) is 14.4 Å². The van der Waals surface area contributed by atoms with Crippen LogP contribution in [0.5, 0.6) is 0 Å². The van der Waals surface area contributed by atoms with Gasteiger partial charge in [0, 0.05) is 28.7 Å². The standard InChI is InChI=1S/C25H21ClN2O5/c26-16-11-15(24(31)27-10-9-23(29)30)12-17(13-16)28-25(32)33-14-22-20-7-3-1-5-18(20)19-6-2-4-8-21(19)22/h1-8,11-13,22H,9-10,14H2,(H,27,31)(H,28,32)(H,29,30). The highest BCUT2D eigenvalue weighted by atomic mass is 35.5. The van der Waals surface area contributed by atoms with E-state index in [2.05, 4.69) is 22.8 Å². The second kappa shape index (κ2) is 9.75. The van der Waals surface area contributed by atoms with Gasteiger partial charge in [-0.1, -0.05) is 60.1 Å². The fourth-order valence-corrected chi connectivity index (χ4v) is 4.17. The molecule has 0 aromatic heterocycles. The number of carboxylic acids is 1. The molecule has 33 heavy (non-hydrogen) atoms. The Morgan fingerprint density at radius 3 is 2.21 bits per heavy atom. The lowest BCUT2D eigenvalue weighted by molar-refractivity contribution is -0.136. The summed E-state index contributed by atoms with van der Waals surface area (Å²) in [6, 6.07) is 20.5. The van der Waals surface area contributed by atoms with Gasteiger partial charge in [0.1, 0.15) is 6.61 Å². The van der Waals surface area contributed by atoms with Crippen LogP contribution in [0.3, 0.4) is 0 Å². The quantitative estimate of drug-likeness (QED) is 0.461. The zero-order chi connectivity index (χ0) is 23.4. The number of carbonyl (C=O) groups is 3. The van der Waals surface area contributed by atoms with Crippen LogP contribution in [0.1, 0.15) is 33.8 Å². The van der Waals surface area contributed by atoms with Crippen molar-refractivity contribution in [1.29, 1.82) is 0 Å². The largest absolute Gasteiger partial charge is 0.481 e. The van der Waals surface area contributed by atoms with Crippen molar-refractivity contribution in [1.82, 2.24) is 5.32 Å². The summed E-state index contributed by atoms with van der Waals surface area (Å²) in [6.07, 6.45) is -0.867. The lowest BCUT2D eigenvalue weighted by atomic mass is 9.98. The van der Waals surface area contributed by atoms with Gasteiger partial charge in [-0.25, -0.2) is 4.79 Å². The van der Waals surface area contributed by atoms with Crippen LogP contribution in [0.15, 0.2) is 66.7 Å². The molecule has 4 rings (SSSR count). The Hall–Kier alpha value is -3.84. The van der Waals surface area contributed by atoms with E-state index in [1.165, 1.54) is 18.2 Å². The van der Waals surface area contributed by atoms with Crippen molar-refractivity contribution < 1.29 is 24.2 Å². The van der Waals surface area contributed by atoms with Gasteiger partial charge in [0.25, 0.3) is 5.91 Å². The number of hydrogen-bond donors (Lipinski definition) is 3. The topological polar surface area (TPSA) is 105 Å². The molecule has 7 nitrogen and oxygen atoms in total. The third-order valence-electron chi connectivity index (χ3n) is 5.37. The number of fused-ring (bicyclic) bond motifs is 3. The Kier molecular flexibility index (Phi) is 6.60. The van der Waals surface area contributed by atoms with E-state index in [4.69, 9.17) is 21.4 Å². The highest BCUT2D eigenvalue weighted by Crippen LogP contribution is 2.44. The highest BCUT2D eigenvalue weighted by molar-refractivity contribution is 6.31. The molecule has 0 saturated carbocycles. The molecule has 0 aliphatic heterocycles. The third kappa shape index (κ3) is 5.15. The van der Waals surface area contributed by atoms with Crippen molar-refractivity contribution in [2.75, 3.05) is 18.5 Å². The fraction of sp³-hybridized carbons (Fsp3) is 0.160. The minimum absolute atomic E-state index is 0.0180.